The molecular formula is C61H42OS. The number of benzene rings is 9. The average molecular weight is 823 g/mol. The van der Waals surface area contributed by atoms with Gasteiger partial charge < -0.3 is 4.42 Å². The Hall–Kier alpha value is -7.52. The highest BCUT2D eigenvalue weighted by Crippen LogP contribution is 2.52. The molecule has 2 heteroatoms. The Labute approximate surface area is 370 Å². The Bertz CT molecular complexity index is 3770. The van der Waals surface area contributed by atoms with Crippen molar-refractivity contribution in [3.05, 3.63) is 223 Å². The van der Waals surface area contributed by atoms with Gasteiger partial charge in [-0.1, -0.05) is 173 Å². The SMILES string of the molecule is C=C/C=C\c1coc2cc3ccc4c5cc(-c6ccc7c(c6)C(C)(C)c6cc(-c8c9ccccc9c(C(=C)c9ccccc9C=C)c9ccccc89)ccc6-7)ccc5sc4c3cc12. The molecule has 0 N–H and O–H groups in total. The zero-order chi connectivity index (χ0) is 42.6. The Kier molecular flexibility index (Phi) is 8.28. The van der Waals surface area contributed by atoms with Crippen molar-refractivity contribution in [1.29, 1.82) is 0 Å². The molecule has 11 aromatic rings. The fourth-order valence-electron chi connectivity index (χ4n) is 10.5. The standard InChI is InChI=1S/C61H42OS/c1-6-8-15-42-35-62-56-33-40-23-28-50-53-30-38(25-29-57(53)63-60(50)52(40)34-51(42)56)39-22-26-44-45-27-24-41(32-55(45)61(4,5)54(44)31-39)59-48-20-13-11-18-46(48)58(47-19-12-14-21-49(47)59)36(3)43-17-10-9-16-37(43)7-2/h6-35H,1-3H2,4-5H3/b15-8-. The molecule has 0 spiro atoms. The number of furan rings is 1. The molecule has 0 radical (unpaired) electrons. The fraction of sp³-hybridized carbons (Fsp3) is 0.0492. The lowest BCUT2D eigenvalue weighted by Gasteiger charge is -2.24. The molecule has 0 saturated heterocycles. The van der Waals surface area contributed by atoms with Crippen LogP contribution in [0.2, 0.25) is 0 Å². The van der Waals surface area contributed by atoms with Crippen LogP contribution >= 0.6 is 11.3 Å². The molecule has 298 valence electrons. The van der Waals surface area contributed by atoms with Crippen molar-refractivity contribution in [3.8, 4) is 33.4 Å². The van der Waals surface area contributed by atoms with Gasteiger partial charge in [-0.3, -0.25) is 0 Å². The van der Waals surface area contributed by atoms with Gasteiger partial charge in [-0.2, -0.15) is 0 Å². The molecule has 63 heavy (non-hydrogen) atoms. The number of hydrogen-bond acceptors (Lipinski definition) is 2. The van der Waals surface area contributed by atoms with Crippen molar-refractivity contribution < 1.29 is 4.42 Å². The second kappa shape index (κ2) is 14.0. The summed E-state index contributed by atoms with van der Waals surface area (Å²) in [4.78, 5) is 0. The van der Waals surface area contributed by atoms with Gasteiger partial charge in [0.25, 0.3) is 0 Å². The maximum Gasteiger partial charge on any atom is 0.135 e. The first kappa shape index (κ1) is 37.3. The minimum Gasteiger partial charge on any atom is -0.464 e. The van der Waals surface area contributed by atoms with E-state index >= 15 is 0 Å². The lowest BCUT2D eigenvalue weighted by atomic mass is 9.79. The Morgan fingerprint density at radius 1 is 0.571 bits per heavy atom. The van der Waals surface area contributed by atoms with Gasteiger partial charge in [-0.15, -0.1) is 11.3 Å². The molecule has 0 atom stereocenters. The summed E-state index contributed by atoms with van der Waals surface area (Å²) < 4.78 is 8.56. The van der Waals surface area contributed by atoms with Crippen LogP contribution in [0.5, 0.6) is 0 Å². The summed E-state index contributed by atoms with van der Waals surface area (Å²) in [5.41, 5.74) is 16.4. The molecule has 0 aliphatic heterocycles. The second-order valence-electron chi connectivity index (χ2n) is 17.4. The van der Waals surface area contributed by atoms with Gasteiger partial charge in [0, 0.05) is 41.9 Å². The lowest BCUT2D eigenvalue weighted by molar-refractivity contribution is 0.615. The minimum absolute atomic E-state index is 0.207. The third kappa shape index (κ3) is 5.55. The van der Waals surface area contributed by atoms with E-state index in [1.807, 2.05) is 29.8 Å². The summed E-state index contributed by atoms with van der Waals surface area (Å²) in [6.45, 7) is 17.5. The highest BCUT2D eigenvalue weighted by molar-refractivity contribution is 7.26. The first-order valence-corrected chi connectivity index (χ1v) is 22.4. The predicted octanol–water partition coefficient (Wildman–Crippen LogP) is 17.8. The van der Waals surface area contributed by atoms with E-state index < -0.39 is 0 Å². The number of allylic oxidation sites excluding steroid dienone is 2. The Balaban J connectivity index is 0.955. The Morgan fingerprint density at radius 3 is 1.95 bits per heavy atom. The molecule has 1 aliphatic carbocycles. The largest absolute Gasteiger partial charge is 0.464 e. The van der Waals surface area contributed by atoms with E-state index in [1.165, 1.54) is 103 Å². The van der Waals surface area contributed by atoms with E-state index in [9.17, 15) is 0 Å². The van der Waals surface area contributed by atoms with Crippen LogP contribution in [0.4, 0.5) is 0 Å². The molecule has 0 fully saturated rings. The van der Waals surface area contributed by atoms with Crippen LogP contribution < -0.4 is 0 Å². The number of rotatable bonds is 7. The first-order chi connectivity index (χ1) is 30.8. The van der Waals surface area contributed by atoms with Crippen LogP contribution in [0.15, 0.2) is 194 Å². The van der Waals surface area contributed by atoms with Crippen LogP contribution in [0.3, 0.4) is 0 Å². The summed E-state index contributed by atoms with van der Waals surface area (Å²) in [5, 5.41) is 11.0. The van der Waals surface area contributed by atoms with Crippen molar-refractivity contribution in [2.24, 2.45) is 0 Å². The lowest BCUT2D eigenvalue weighted by Crippen LogP contribution is -2.15. The van der Waals surface area contributed by atoms with Crippen LogP contribution in [0, 0.1) is 0 Å². The van der Waals surface area contributed by atoms with Crippen LogP contribution in [-0.2, 0) is 5.41 Å². The van der Waals surface area contributed by atoms with Crippen molar-refractivity contribution >= 4 is 92.5 Å². The minimum atomic E-state index is -0.207. The van der Waals surface area contributed by atoms with E-state index in [0.29, 0.717) is 0 Å². The zero-order valence-corrected chi connectivity index (χ0v) is 36.1. The van der Waals surface area contributed by atoms with Gasteiger partial charge in [0.15, 0.2) is 0 Å². The molecule has 0 amide bonds. The molecule has 1 nitrogen and oxygen atoms in total. The molecule has 1 aliphatic rings. The third-order valence-electron chi connectivity index (χ3n) is 13.6. The van der Waals surface area contributed by atoms with Crippen LogP contribution in [0.25, 0.3) is 115 Å². The quantitative estimate of drug-likeness (QED) is 0.115. The highest BCUT2D eigenvalue weighted by atomic mass is 32.1. The van der Waals surface area contributed by atoms with E-state index in [0.717, 1.165) is 33.2 Å². The number of thiophene rings is 1. The molecule has 2 heterocycles. The molecule has 2 aromatic heterocycles. The highest BCUT2D eigenvalue weighted by Gasteiger charge is 2.36. The maximum atomic E-state index is 5.96. The van der Waals surface area contributed by atoms with Crippen molar-refractivity contribution in [2.45, 2.75) is 19.3 Å². The smallest absolute Gasteiger partial charge is 0.135 e. The topological polar surface area (TPSA) is 13.1 Å². The maximum absolute atomic E-state index is 5.96. The molecular weight excluding hydrogens is 781 g/mol. The van der Waals surface area contributed by atoms with Crippen LogP contribution in [-0.4, -0.2) is 0 Å². The van der Waals surface area contributed by atoms with Gasteiger partial charge in [0.05, 0.1) is 6.26 Å². The number of hydrogen-bond donors (Lipinski definition) is 0. The normalized spacial score (nSPS) is 13.2. The molecule has 0 saturated carbocycles. The monoisotopic (exact) mass is 822 g/mol. The fourth-order valence-corrected chi connectivity index (χ4v) is 11.7. The van der Waals surface area contributed by atoms with E-state index in [-0.39, 0.29) is 5.41 Å². The summed E-state index contributed by atoms with van der Waals surface area (Å²) in [6, 6.07) is 56.4. The van der Waals surface area contributed by atoms with E-state index in [4.69, 9.17) is 11.0 Å². The second-order valence-corrected chi connectivity index (χ2v) is 18.4. The predicted molar refractivity (Wildman–Crippen MR) is 274 cm³/mol. The van der Waals surface area contributed by atoms with E-state index in [2.05, 4.69) is 185 Å². The first-order valence-electron chi connectivity index (χ1n) is 21.6. The van der Waals surface area contributed by atoms with E-state index in [1.54, 1.807) is 6.08 Å². The molecule has 0 unspecified atom stereocenters. The zero-order valence-electron chi connectivity index (χ0n) is 35.3. The van der Waals surface area contributed by atoms with Crippen molar-refractivity contribution in [3.63, 3.8) is 0 Å². The molecule has 0 bridgehead atoms. The molecule has 9 aromatic carbocycles. The summed E-state index contributed by atoms with van der Waals surface area (Å²) in [5.74, 6) is 0. The Morgan fingerprint density at radius 2 is 1.22 bits per heavy atom. The number of fused-ring (bicyclic) bond motifs is 11. The summed E-state index contributed by atoms with van der Waals surface area (Å²) in [7, 11) is 0. The van der Waals surface area contributed by atoms with Crippen molar-refractivity contribution in [1.82, 2.24) is 0 Å². The van der Waals surface area contributed by atoms with Crippen LogP contribution in [0.1, 0.15) is 47.2 Å². The average Bonchev–Trinajstić information content (AvgIpc) is 3.97. The molecule has 12 rings (SSSR count). The van der Waals surface area contributed by atoms with Gasteiger partial charge in [0.1, 0.15) is 5.58 Å². The third-order valence-corrected chi connectivity index (χ3v) is 14.8. The summed E-state index contributed by atoms with van der Waals surface area (Å²) in [6.07, 6.45) is 9.57. The van der Waals surface area contributed by atoms with Gasteiger partial charge in [-0.25, -0.2) is 0 Å². The van der Waals surface area contributed by atoms with Gasteiger partial charge in [-0.05, 0) is 130 Å². The van der Waals surface area contributed by atoms with Crippen molar-refractivity contribution in [2.75, 3.05) is 0 Å². The van der Waals surface area contributed by atoms with Gasteiger partial charge >= 0.3 is 0 Å². The van der Waals surface area contributed by atoms with Gasteiger partial charge in [0.2, 0.25) is 0 Å². The summed E-state index contributed by atoms with van der Waals surface area (Å²) >= 11 is 1.87.